The summed E-state index contributed by atoms with van der Waals surface area (Å²) in [4.78, 5) is 51.6. The third kappa shape index (κ3) is 5.97. The second-order valence-electron chi connectivity index (χ2n) is 8.81. The number of carbonyl (C=O) groups excluding carboxylic acids is 3. The van der Waals surface area contributed by atoms with Crippen molar-refractivity contribution in [3.63, 3.8) is 0 Å². The van der Waals surface area contributed by atoms with Gasteiger partial charge in [0, 0.05) is 12.3 Å². The molecule has 0 bridgehead atoms. The van der Waals surface area contributed by atoms with Gasteiger partial charge in [-0.3, -0.25) is 4.79 Å². The van der Waals surface area contributed by atoms with Gasteiger partial charge in [0.05, 0.1) is 16.7 Å². The summed E-state index contributed by atoms with van der Waals surface area (Å²) in [6.45, 7) is -0.363. The van der Waals surface area contributed by atoms with Crippen molar-refractivity contribution >= 4 is 17.9 Å². The number of hydrogen-bond donors (Lipinski definition) is 0. The lowest BCUT2D eigenvalue weighted by Gasteiger charge is -2.24. The van der Waals surface area contributed by atoms with Crippen molar-refractivity contribution in [1.82, 2.24) is 9.78 Å². The number of nitrogens with zero attached hydrogens (tertiary/aromatic N) is 2. The number of carbonyl (C=O) groups is 3. The SMILES string of the molecule is O=C(OC[C@H]1O[C@@H](n2ncccc2=O)[C@H](OC(=O)c2ccccc2)[C@@H]1OC(=O)c1ccccc1)c1ccccc1. The van der Waals surface area contributed by atoms with Crippen LogP contribution in [0, 0.1) is 0 Å². The third-order valence-corrected chi connectivity index (χ3v) is 6.16. The normalized spacial score (nSPS) is 19.9. The average molecular weight is 541 g/mol. The standard InChI is InChI=1S/C30H24N2O8/c33-24-17-10-18-31-32(24)27-26(40-30(36)22-15-8-3-9-16-22)25(39-29(35)21-13-6-2-7-14-21)23(38-27)19-37-28(34)20-11-4-1-5-12-20/h1-18,23,25-27H,19H2/t23-,25-,26-,27-/m1/s1. The van der Waals surface area contributed by atoms with E-state index in [0.29, 0.717) is 5.56 Å². The monoisotopic (exact) mass is 540 g/mol. The van der Waals surface area contributed by atoms with E-state index in [1.54, 1.807) is 91.0 Å². The first-order valence-corrected chi connectivity index (χ1v) is 12.4. The van der Waals surface area contributed by atoms with Gasteiger partial charge in [-0.25, -0.2) is 14.4 Å². The van der Waals surface area contributed by atoms with Crippen molar-refractivity contribution in [2.45, 2.75) is 24.5 Å². The molecular formula is C30H24N2O8. The molecular weight excluding hydrogens is 516 g/mol. The van der Waals surface area contributed by atoms with Crippen LogP contribution in [0.1, 0.15) is 37.3 Å². The Labute approximate surface area is 228 Å². The van der Waals surface area contributed by atoms with Gasteiger partial charge in [-0.15, -0.1) is 0 Å². The van der Waals surface area contributed by atoms with Crippen LogP contribution in [-0.4, -0.2) is 52.6 Å². The van der Waals surface area contributed by atoms with E-state index < -0.39 is 48.0 Å². The summed E-state index contributed by atoms with van der Waals surface area (Å²) in [5, 5.41) is 4.08. The van der Waals surface area contributed by atoms with Crippen LogP contribution in [-0.2, 0) is 18.9 Å². The van der Waals surface area contributed by atoms with Crippen LogP contribution in [0.5, 0.6) is 0 Å². The summed E-state index contributed by atoms with van der Waals surface area (Å²) in [7, 11) is 0. The Morgan fingerprint density at radius 2 is 1.18 bits per heavy atom. The molecule has 10 nitrogen and oxygen atoms in total. The van der Waals surface area contributed by atoms with Gasteiger partial charge in [0.25, 0.3) is 5.56 Å². The largest absolute Gasteiger partial charge is 0.459 e. The first-order chi connectivity index (χ1) is 19.5. The van der Waals surface area contributed by atoms with E-state index in [1.165, 1.54) is 18.3 Å². The van der Waals surface area contributed by atoms with Gasteiger partial charge in [-0.1, -0.05) is 54.6 Å². The molecule has 0 aliphatic carbocycles. The maximum Gasteiger partial charge on any atom is 0.338 e. The van der Waals surface area contributed by atoms with E-state index in [9.17, 15) is 19.2 Å². The molecule has 4 atom stereocenters. The fraction of sp³-hybridized carbons (Fsp3) is 0.167. The maximum atomic E-state index is 13.1. The lowest BCUT2D eigenvalue weighted by molar-refractivity contribution is -0.0692. The molecule has 0 amide bonds. The van der Waals surface area contributed by atoms with Gasteiger partial charge in [0.15, 0.2) is 18.4 Å². The molecule has 40 heavy (non-hydrogen) atoms. The average Bonchev–Trinajstić information content (AvgIpc) is 3.33. The minimum atomic E-state index is -1.31. The van der Waals surface area contributed by atoms with E-state index in [0.717, 1.165) is 4.68 Å². The molecule has 1 aliphatic rings. The number of hydrogen-bond acceptors (Lipinski definition) is 9. The number of rotatable bonds is 8. The zero-order valence-electron chi connectivity index (χ0n) is 21.1. The van der Waals surface area contributed by atoms with Crippen molar-refractivity contribution < 1.29 is 33.3 Å². The fourth-order valence-corrected chi connectivity index (χ4v) is 4.21. The lowest BCUT2D eigenvalue weighted by atomic mass is 10.1. The first kappa shape index (κ1) is 26.5. The Bertz CT molecular complexity index is 1530. The minimum Gasteiger partial charge on any atom is -0.459 e. The first-order valence-electron chi connectivity index (χ1n) is 12.4. The second kappa shape index (κ2) is 12.2. The molecule has 10 heteroatoms. The highest BCUT2D eigenvalue weighted by atomic mass is 16.7. The molecule has 3 aromatic carbocycles. The Kier molecular flexibility index (Phi) is 8.07. The quantitative estimate of drug-likeness (QED) is 0.244. The number of ether oxygens (including phenoxy) is 4. The Morgan fingerprint density at radius 1 is 0.675 bits per heavy atom. The summed E-state index contributed by atoms with van der Waals surface area (Å²) in [6.07, 6.45) is -3.59. The molecule has 0 unspecified atom stereocenters. The summed E-state index contributed by atoms with van der Waals surface area (Å²) < 4.78 is 24.2. The van der Waals surface area contributed by atoms with Crippen LogP contribution < -0.4 is 5.56 Å². The van der Waals surface area contributed by atoms with E-state index in [4.69, 9.17) is 18.9 Å². The van der Waals surface area contributed by atoms with Crippen molar-refractivity contribution in [3.8, 4) is 0 Å². The van der Waals surface area contributed by atoms with Crippen LogP contribution in [0.25, 0.3) is 0 Å². The van der Waals surface area contributed by atoms with E-state index >= 15 is 0 Å². The predicted octanol–water partition coefficient (Wildman–Crippen LogP) is 3.45. The van der Waals surface area contributed by atoms with Gasteiger partial charge in [-0.2, -0.15) is 9.78 Å². The van der Waals surface area contributed by atoms with Crippen molar-refractivity contribution in [2.24, 2.45) is 0 Å². The van der Waals surface area contributed by atoms with Crippen LogP contribution in [0.3, 0.4) is 0 Å². The summed E-state index contributed by atoms with van der Waals surface area (Å²) in [6, 6.07) is 27.4. The maximum absolute atomic E-state index is 13.1. The molecule has 1 saturated heterocycles. The molecule has 202 valence electrons. The van der Waals surface area contributed by atoms with Crippen LogP contribution in [0.2, 0.25) is 0 Å². The van der Waals surface area contributed by atoms with E-state index in [-0.39, 0.29) is 17.7 Å². The Hall–Kier alpha value is -5.09. The molecule has 4 aromatic rings. The summed E-state index contributed by atoms with van der Waals surface area (Å²) >= 11 is 0. The molecule has 1 aliphatic heterocycles. The second-order valence-corrected chi connectivity index (χ2v) is 8.81. The molecule has 1 aromatic heterocycles. The van der Waals surface area contributed by atoms with E-state index in [2.05, 4.69) is 5.10 Å². The number of esters is 3. The molecule has 0 radical (unpaired) electrons. The van der Waals surface area contributed by atoms with Gasteiger partial charge < -0.3 is 18.9 Å². The van der Waals surface area contributed by atoms with Gasteiger partial charge >= 0.3 is 17.9 Å². The zero-order chi connectivity index (χ0) is 27.9. The van der Waals surface area contributed by atoms with Gasteiger partial charge in [0.1, 0.15) is 12.7 Å². The Balaban J connectivity index is 1.48. The summed E-state index contributed by atoms with van der Waals surface area (Å²) in [5.41, 5.74) is 0.252. The molecule has 0 spiro atoms. The Morgan fingerprint density at radius 3 is 1.70 bits per heavy atom. The smallest absolute Gasteiger partial charge is 0.338 e. The minimum absolute atomic E-state index is 0.238. The highest BCUT2D eigenvalue weighted by Gasteiger charge is 2.52. The predicted molar refractivity (Wildman–Crippen MR) is 140 cm³/mol. The molecule has 0 N–H and O–H groups in total. The van der Waals surface area contributed by atoms with Crippen LogP contribution >= 0.6 is 0 Å². The van der Waals surface area contributed by atoms with Crippen molar-refractivity contribution in [3.05, 3.63) is 136 Å². The molecule has 1 fully saturated rings. The molecule has 5 rings (SSSR count). The van der Waals surface area contributed by atoms with Gasteiger partial charge in [0.2, 0.25) is 0 Å². The molecule has 0 saturated carbocycles. The highest BCUT2D eigenvalue weighted by molar-refractivity contribution is 5.91. The highest BCUT2D eigenvalue weighted by Crippen LogP contribution is 2.34. The van der Waals surface area contributed by atoms with E-state index in [1.807, 2.05) is 0 Å². The number of benzene rings is 3. The third-order valence-electron chi connectivity index (χ3n) is 6.16. The zero-order valence-corrected chi connectivity index (χ0v) is 21.1. The van der Waals surface area contributed by atoms with Crippen molar-refractivity contribution in [1.29, 1.82) is 0 Å². The van der Waals surface area contributed by atoms with Crippen molar-refractivity contribution in [2.75, 3.05) is 6.61 Å². The fourth-order valence-electron chi connectivity index (χ4n) is 4.21. The molecule has 2 heterocycles. The topological polar surface area (TPSA) is 123 Å². The lowest BCUT2D eigenvalue weighted by Crippen LogP contribution is -2.42. The van der Waals surface area contributed by atoms with Gasteiger partial charge in [-0.05, 0) is 42.5 Å². The number of aromatic nitrogens is 2. The van der Waals surface area contributed by atoms with Crippen LogP contribution in [0.4, 0.5) is 0 Å². The van der Waals surface area contributed by atoms with Crippen LogP contribution in [0.15, 0.2) is 114 Å². The summed E-state index contributed by atoms with van der Waals surface area (Å²) in [5.74, 6) is -2.08.